The Labute approximate surface area is 114 Å². The molecule has 2 rings (SSSR count). The molecule has 0 spiro atoms. The highest BCUT2D eigenvalue weighted by Crippen LogP contribution is 2.29. The van der Waals surface area contributed by atoms with Gasteiger partial charge in [-0.1, -0.05) is 29.8 Å². The van der Waals surface area contributed by atoms with Gasteiger partial charge in [0.05, 0.1) is 19.9 Å². The molecule has 3 nitrogen and oxygen atoms in total. The molecule has 19 heavy (non-hydrogen) atoms. The van der Waals surface area contributed by atoms with Crippen molar-refractivity contribution < 1.29 is 9.47 Å². The van der Waals surface area contributed by atoms with E-state index in [1.165, 1.54) is 11.1 Å². The molecule has 0 aromatic heterocycles. The molecule has 0 aliphatic heterocycles. The van der Waals surface area contributed by atoms with Crippen molar-refractivity contribution >= 4 is 5.69 Å². The first-order valence-electron chi connectivity index (χ1n) is 6.24. The monoisotopic (exact) mass is 257 g/mol. The maximum atomic E-state index is 5.33. The van der Waals surface area contributed by atoms with Crippen LogP contribution < -0.4 is 14.8 Å². The lowest BCUT2D eigenvalue weighted by Crippen LogP contribution is -2.01. The quantitative estimate of drug-likeness (QED) is 0.887. The van der Waals surface area contributed by atoms with Crippen molar-refractivity contribution in [2.45, 2.75) is 13.5 Å². The van der Waals surface area contributed by atoms with Crippen molar-refractivity contribution in [2.24, 2.45) is 0 Å². The number of hydrogen-bond donors (Lipinski definition) is 1. The van der Waals surface area contributed by atoms with E-state index in [4.69, 9.17) is 9.47 Å². The standard InChI is InChI=1S/C16H19NO2/c1-12-4-6-13(7-5-12)11-17-15-10-14(18-2)8-9-16(15)19-3/h4-10,17H,11H2,1-3H3. The third-order valence-electron chi connectivity index (χ3n) is 3.01. The van der Waals surface area contributed by atoms with E-state index in [1.807, 2.05) is 18.2 Å². The minimum atomic E-state index is 0.754. The minimum absolute atomic E-state index is 0.754. The molecule has 100 valence electrons. The van der Waals surface area contributed by atoms with Crippen LogP contribution in [0.2, 0.25) is 0 Å². The lowest BCUT2D eigenvalue weighted by atomic mass is 10.1. The number of nitrogens with one attached hydrogen (secondary N) is 1. The number of hydrogen-bond acceptors (Lipinski definition) is 3. The molecule has 0 aliphatic carbocycles. The number of methoxy groups -OCH3 is 2. The Balaban J connectivity index is 2.11. The van der Waals surface area contributed by atoms with Crippen LogP contribution >= 0.6 is 0 Å². The van der Waals surface area contributed by atoms with Crippen molar-refractivity contribution in [1.29, 1.82) is 0 Å². The second-order valence-corrected chi connectivity index (χ2v) is 4.41. The number of rotatable bonds is 5. The van der Waals surface area contributed by atoms with Crippen LogP contribution in [0.5, 0.6) is 11.5 Å². The molecular weight excluding hydrogens is 238 g/mol. The Morgan fingerprint density at radius 1 is 0.947 bits per heavy atom. The van der Waals surface area contributed by atoms with Gasteiger partial charge in [0.2, 0.25) is 0 Å². The van der Waals surface area contributed by atoms with Gasteiger partial charge in [-0.05, 0) is 24.6 Å². The van der Waals surface area contributed by atoms with Crippen LogP contribution in [0, 0.1) is 6.92 Å². The van der Waals surface area contributed by atoms with Crippen LogP contribution in [0.1, 0.15) is 11.1 Å². The molecule has 0 atom stereocenters. The first-order chi connectivity index (χ1) is 9.22. The first kappa shape index (κ1) is 13.3. The molecule has 2 aromatic carbocycles. The highest BCUT2D eigenvalue weighted by atomic mass is 16.5. The summed E-state index contributed by atoms with van der Waals surface area (Å²) in [5, 5.41) is 3.37. The van der Waals surface area contributed by atoms with Crippen LogP contribution in [-0.2, 0) is 6.54 Å². The average Bonchev–Trinajstić information content (AvgIpc) is 2.46. The van der Waals surface area contributed by atoms with E-state index in [0.717, 1.165) is 23.7 Å². The van der Waals surface area contributed by atoms with E-state index in [1.54, 1.807) is 14.2 Å². The van der Waals surface area contributed by atoms with Gasteiger partial charge in [-0.3, -0.25) is 0 Å². The summed E-state index contributed by atoms with van der Waals surface area (Å²) in [6, 6.07) is 14.2. The Morgan fingerprint density at radius 2 is 1.68 bits per heavy atom. The van der Waals surface area contributed by atoms with Gasteiger partial charge in [0.15, 0.2) is 0 Å². The molecule has 0 fully saturated rings. The van der Waals surface area contributed by atoms with Crippen molar-refractivity contribution in [1.82, 2.24) is 0 Å². The normalized spacial score (nSPS) is 10.1. The lowest BCUT2D eigenvalue weighted by Gasteiger charge is -2.12. The second-order valence-electron chi connectivity index (χ2n) is 4.41. The zero-order valence-electron chi connectivity index (χ0n) is 11.6. The van der Waals surface area contributed by atoms with Gasteiger partial charge in [-0.2, -0.15) is 0 Å². The fourth-order valence-corrected chi connectivity index (χ4v) is 1.86. The van der Waals surface area contributed by atoms with E-state index in [9.17, 15) is 0 Å². The highest BCUT2D eigenvalue weighted by molar-refractivity contribution is 5.59. The molecule has 0 unspecified atom stereocenters. The number of ether oxygens (including phenoxy) is 2. The van der Waals surface area contributed by atoms with Gasteiger partial charge in [0.1, 0.15) is 11.5 Å². The van der Waals surface area contributed by atoms with E-state index in [2.05, 4.69) is 36.5 Å². The molecule has 0 radical (unpaired) electrons. The fraction of sp³-hybridized carbons (Fsp3) is 0.250. The lowest BCUT2D eigenvalue weighted by molar-refractivity contribution is 0.404. The molecule has 0 saturated carbocycles. The molecule has 3 heteroatoms. The van der Waals surface area contributed by atoms with Crippen LogP contribution in [0.3, 0.4) is 0 Å². The van der Waals surface area contributed by atoms with Crippen molar-refractivity contribution in [3.05, 3.63) is 53.6 Å². The molecule has 1 N–H and O–H groups in total. The maximum Gasteiger partial charge on any atom is 0.142 e. The zero-order valence-corrected chi connectivity index (χ0v) is 11.6. The molecule has 0 bridgehead atoms. The fourth-order valence-electron chi connectivity index (χ4n) is 1.86. The second kappa shape index (κ2) is 6.14. The highest BCUT2D eigenvalue weighted by Gasteiger charge is 2.04. The zero-order chi connectivity index (χ0) is 13.7. The van der Waals surface area contributed by atoms with Crippen molar-refractivity contribution in [3.63, 3.8) is 0 Å². The predicted octanol–water partition coefficient (Wildman–Crippen LogP) is 3.62. The summed E-state index contributed by atoms with van der Waals surface area (Å²) in [4.78, 5) is 0. The third kappa shape index (κ3) is 3.41. The Hall–Kier alpha value is -2.16. The third-order valence-corrected chi connectivity index (χ3v) is 3.01. The summed E-state index contributed by atoms with van der Waals surface area (Å²) in [6.07, 6.45) is 0. The Morgan fingerprint density at radius 3 is 2.32 bits per heavy atom. The van der Waals surface area contributed by atoms with Crippen LogP contribution in [0.4, 0.5) is 5.69 Å². The van der Waals surface area contributed by atoms with Crippen molar-refractivity contribution in [3.8, 4) is 11.5 Å². The van der Waals surface area contributed by atoms with Gasteiger partial charge in [-0.15, -0.1) is 0 Å². The largest absolute Gasteiger partial charge is 0.497 e. The summed E-state index contributed by atoms with van der Waals surface area (Å²) in [5.74, 6) is 1.63. The molecule has 2 aromatic rings. The van der Waals surface area contributed by atoms with Crippen LogP contribution in [0.25, 0.3) is 0 Å². The summed E-state index contributed by atoms with van der Waals surface area (Å²) >= 11 is 0. The van der Waals surface area contributed by atoms with Gasteiger partial charge in [-0.25, -0.2) is 0 Å². The minimum Gasteiger partial charge on any atom is -0.497 e. The van der Waals surface area contributed by atoms with Crippen molar-refractivity contribution in [2.75, 3.05) is 19.5 Å². The van der Waals surface area contributed by atoms with E-state index < -0.39 is 0 Å². The molecule has 0 amide bonds. The number of anilines is 1. The number of benzene rings is 2. The average molecular weight is 257 g/mol. The summed E-state index contributed by atoms with van der Waals surface area (Å²) in [5.41, 5.74) is 3.43. The molecule has 0 aliphatic rings. The molecule has 0 saturated heterocycles. The van der Waals surface area contributed by atoms with Gasteiger partial charge < -0.3 is 14.8 Å². The van der Waals surface area contributed by atoms with E-state index in [0.29, 0.717) is 0 Å². The first-order valence-corrected chi connectivity index (χ1v) is 6.24. The predicted molar refractivity (Wildman–Crippen MR) is 78.1 cm³/mol. The molecular formula is C16H19NO2. The SMILES string of the molecule is COc1ccc(OC)c(NCc2ccc(C)cc2)c1. The smallest absolute Gasteiger partial charge is 0.142 e. The molecule has 0 heterocycles. The summed E-state index contributed by atoms with van der Waals surface area (Å²) in [6.45, 7) is 2.84. The summed E-state index contributed by atoms with van der Waals surface area (Å²) < 4.78 is 10.6. The van der Waals surface area contributed by atoms with Gasteiger partial charge >= 0.3 is 0 Å². The van der Waals surface area contributed by atoms with E-state index in [-0.39, 0.29) is 0 Å². The number of aryl methyl sites for hydroxylation is 1. The topological polar surface area (TPSA) is 30.5 Å². The van der Waals surface area contributed by atoms with Crippen LogP contribution in [-0.4, -0.2) is 14.2 Å². The van der Waals surface area contributed by atoms with Crippen LogP contribution in [0.15, 0.2) is 42.5 Å². The Bertz CT molecular complexity index is 535. The Kier molecular flexibility index (Phi) is 4.29. The van der Waals surface area contributed by atoms with E-state index >= 15 is 0 Å². The summed E-state index contributed by atoms with van der Waals surface area (Å²) in [7, 11) is 3.32. The van der Waals surface area contributed by atoms with Gasteiger partial charge in [0, 0.05) is 12.6 Å². The maximum absolute atomic E-state index is 5.33. The van der Waals surface area contributed by atoms with Gasteiger partial charge in [0.25, 0.3) is 0 Å².